The summed E-state index contributed by atoms with van der Waals surface area (Å²) in [5.74, 6) is -2.01. The van der Waals surface area contributed by atoms with Gasteiger partial charge < -0.3 is 28.5 Å². The van der Waals surface area contributed by atoms with E-state index >= 15 is 0 Å². The Bertz CT molecular complexity index is 2010. The topological polar surface area (TPSA) is 108 Å². The van der Waals surface area contributed by atoms with Crippen LogP contribution < -0.4 is 0 Å². The summed E-state index contributed by atoms with van der Waals surface area (Å²) >= 11 is 0. The van der Waals surface area contributed by atoms with Gasteiger partial charge in [0.05, 0.1) is 34.4 Å². The number of carboxylic acid groups (broad SMARTS) is 1. The van der Waals surface area contributed by atoms with Gasteiger partial charge in [-0.3, -0.25) is 9.59 Å². The molecule has 518 valence electrons. The highest BCUT2D eigenvalue weighted by atomic mass is 16.7. The van der Waals surface area contributed by atoms with Gasteiger partial charge in [-0.05, 0) is 116 Å². The highest BCUT2D eigenvalue weighted by Gasteiger charge is 2.25. The average molecular weight is 1270 g/mol. The van der Waals surface area contributed by atoms with E-state index in [1.54, 1.807) is 0 Å². The lowest BCUT2D eigenvalue weighted by molar-refractivity contribution is -0.870. The molecule has 2 unspecified atom stereocenters. The Kier molecular flexibility index (Phi) is 67.3. The van der Waals surface area contributed by atoms with Gasteiger partial charge >= 0.3 is 17.9 Å². The average Bonchev–Trinajstić information content (AvgIpc) is 3.50. The summed E-state index contributed by atoms with van der Waals surface area (Å²) in [6.45, 7) is 4.66. The first-order chi connectivity index (χ1) is 44.6. The van der Waals surface area contributed by atoms with Crippen molar-refractivity contribution in [2.45, 2.75) is 309 Å². The zero-order chi connectivity index (χ0) is 66.1. The van der Waals surface area contributed by atoms with E-state index in [-0.39, 0.29) is 32.2 Å². The van der Waals surface area contributed by atoms with E-state index in [0.29, 0.717) is 17.4 Å². The van der Waals surface area contributed by atoms with E-state index in [4.69, 9.17) is 18.9 Å². The molecule has 0 aromatic carbocycles. The van der Waals surface area contributed by atoms with E-state index < -0.39 is 24.3 Å². The van der Waals surface area contributed by atoms with Crippen molar-refractivity contribution in [2.75, 3.05) is 47.5 Å². The second-order valence-corrected chi connectivity index (χ2v) is 25.5. The van der Waals surface area contributed by atoms with Crippen LogP contribution >= 0.6 is 0 Å². The number of likely N-dealkylation sites (N-methyl/N-ethyl adjacent to an activating group) is 1. The van der Waals surface area contributed by atoms with Gasteiger partial charge in [-0.15, -0.1) is 0 Å². The summed E-state index contributed by atoms with van der Waals surface area (Å²) in [6, 6.07) is 0. The largest absolute Gasteiger partial charge is 0.477 e. The second kappa shape index (κ2) is 71.0. The first kappa shape index (κ1) is 86.2. The predicted octanol–water partition coefficient (Wildman–Crippen LogP) is 23.5. The van der Waals surface area contributed by atoms with Gasteiger partial charge in [0.1, 0.15) is 13.2 Å². The van der Waals surface area contributed by atoms with Crippen LogP contribution in [-0.4, -0.2) is 87.4 Å². The van der Waals surface area contributed by atoms with Crippen LogP contribution in [0.5, 0.6) is 0 Å². The number of ether oxygens (including phenoxy) is 4. The van der Waals surface area contributed by atoms with Crippen molar-refractivity contribution in [2.24, 2.45) is 0 Å². The summed E-state index contributed by atoms with van der Waals surface area (Å²) in [5, 5.41) is 9.76. The minimum Gasteiger partial charge on any atom is -0.477 e. The van der Waals surface area contributed by atoms with E-state index in [2.05, 4.69) is 160 Å². The van der Waals surface area contributed by atoms with Gasteiger partial charge in [-0.2, -0.15) is 0 Å². The van der Waals surface area contributed by atoms with Crippen LogP contribution in [0.2, 0.25) is 0 Å². The third-order valence-corrected chi connectivity index (χ3v) is 15.6. The zero-order valence-corrected chi connectivity index (χ0v) is 59.2. The minimum atomic E-state index is -1.52. The fourth-order valence-electron chi connectivity index (χ4n) is 10.0. The standard InChI is InChI=1S/C82H137NO8/c1-6-8-10-12-14-16-18-20-22-24-26-28-30-32-34-36-37-38-39-40-41-42-43-45-47-49-51-53-55-57-59-61-63-65-67-69-71-73-80(85)91-78(77-90-82(81(86)87)88-75-74-83(3,4)5)76-89-79(84)72-70-68-66-64-62-60-58-56-54-52-50-48-46-44-35-33-31-29-27-25-23-21-19-17-15-13-11-9-7-2/h8-11,14-17,20-23,26-29,32-35,37-38,46,48,78,82H,6-7,12-13,18-19,24-25,30-31,36,39-45,47,49-77H2,1-5H3/p+1/b10-8-,11-9-,16-14-,17-15-,22-20-,23-21-,28-26-,29-27-,34-32-,35-33-,38-37-,48-46-. The maximum atomic E-state index is 13.0. The number of carbonyl (C=O) groups excluding carboxylic acids is 2. The molecule has 0 aromatic heterocycles. The number of hydrogen-bond acceptors (Lipinski definition) is 7. The molecule has 0 aliphatic carbocycles. The first-order valence-electron chi connectivity index (χ1n) is 37.0. The van der Waals surface area contributed by atoms with Gasteiger partial charge in [0.15, 0.2) is 6.10 Å². The number of rotatable bonds is 67. The monoisotopic (exact) mass is 1270 g/mol. The van der Waals surface area contributed by atoms with Crippen LogP contribution in [0, 0.1) is 0 Å². The second-order valence-electron chi connectivity index (χ2n) is 25.5. The number of nitrogens with zero attached hydrogens (tertiary/aromatic N) is 1. The van der Waals surface area contributed by atoms with Crippen molar-refractivity contribution in [3.8, 4) is 0 Å². The van der Waals surface area contributed by atoms with Crippen molar-refractivity contribution in [1.82, 2.24) is 0 Å². The number of hydrogen-bond donors (Lipinski definition) is 1. The SMILES string of the molecule is CC/C=C\C/C=C\C/C=C\C/C=C\C/C=C\C/C=C\CCCCCCCCCCCCCCCCCCCCC(=O)OC(COC(=O)CCCCCCCCCCCC/C=C\C/C=C\C/C=C\C/C=C\C/C=C\C/C=C\CC)COC(OCC[N+](C)(C)C)C(=O)O. The Hall–Kier alpha value is -4.83. The molecule has 0 bridgehead atoms. The number of carbonyl (C=O) groups is 3. The fraction of sp³-hybridized carbons (Fsp3) is 0.671. The van der Waals surface area contributed by atoms with Crippen LogP contribution in [0.15, 0.2) is 146 Å². The Morgan fingerprint density at radius 2 is 0.593 bits per heavy atom. The van der Waals surface area contributed by atoms with E-state index in [0.717, 1.165) is 122 Å². The summed E-state index contributed by atoms with van der Waals surface area (Å²) in [4.78, 5) is 37.7. The summed E-state index contributed by atoms with van der Waals surface area (Å²) in [6.07, 6.45) is 101. The molecule has 0 amide bonds. The third kappa shape index (κ3) is 72.5. The van der Waals surface area contributed by atoms with Crippen molar-refractivity contribution in [3.05, 3.63) is 146 Å². The van der Waals surface area contributed by atoms with E-state index in [1.165, 1.54) is 148 Å². The molecule has 91 heavy (non-hydrogen) atoms. The molecule has 0 aliphatic heterocycles. The molecule has 2 atom stereocenters. The van der Waals surface area contributed by atoms with Crippen LogP contribution in [0.1, 0.15) is 296 Å². The molecule has 1 N–H and O–H groups in total. The molecule has 0 heterocycles. The molecule has 0 aromatic rings. The summed E-state index contributed by atoms with van der Waals surface area (Å²) in [5.41, 5.74) is 0. The van der Waals surface area contributed by atoms with Crippen molar-refractivity contribution in [1.29, 1.82) is 0 Å². The van der Waals surface area contributed by atoms with E-state index in [9.17, 15) is 19.5 Å². The molecular formula is C82H138NO8+. The number of esters is 2. The quantitative estimate of drug-likeness (QED) is 0.0211. The Balaban J connectivity index is 4.10. The van der Waals surface area contributed by atoms with Crippen LogP contribution in [0.3, 0.4) is 0 Å². The molecule has 0 aliphatic rings. The zero-order valence-electron chi connectivity index (χ0n) is 59.2. The maximum absolute atomic E-state index is 13.0. The Labute approximate surface area is 560 Å². The predicted molar refractivity (Wildman–Crippen MR) is 391 cm³/mol. The lowest BCUT2D eigenvalue weighted by Gasteiger charge is -2.25. The van der Waals surface area contributed by atoms with E-state index in [1.807, 2.05) is 21.1 Å². The maximum Gasteiger partial charge on any atom is 0.361 e. The van der Waals surface area contributed by atoms with Crippen molar-refractivity contribution < 1.29 is 42.9 Å². The van der Waals surface area contributed by atoms with Crippen molar-refractivity contribution in [3.63, 3.8) is 0 Å². The number of quaternary nitrogens is 1. The van der Waals surface area contributed by atoms with Gasteiger partial charge in [-0.25, -0.2) is 4.79 Å². The summed E-state index contributed by atoms with van der Waals surface area (Å²) in [7, 11) is 5.98. The number of carboxylic acids is 1. The lowest BCUT2D eigenvalue weighted by atomic mass is 10.0. The molecule has 0 fully saturated rings. The Morgan fingerprint density at radius 3 is 0.879 bits per heavy atom. The highest BCUT2D eigenvalue weighted by Crippen LogP contribution is 2.17. The van der Waals surface area contributed by atoms with Crippen LogP contribution in [0.4, 0.5) is 0 Å². The van der Waals surface area contributed by atoms with Gasteiger partial charge in [0, 0.05) is 12.8 Å². The molecule has 9 nitrogen and oxygen atoms in total. The molecule has 0 rings (SSSR count). The van der Waals surface area contributed by atoms with Crippen LogP contribution in [-0.2, 0) is 33.3 Å². The molecule has 0 saturated carbocycles. The van der Waals surface area contributed by atoms with Gasteiger partial charge in [0.2, 0.25) is 0 Å². The third-order valence-electron chi connectivity index (χ3n) is 15.6. The Morgan fingerprint density at radius 1 is 0.330 bits per heavy atom. The van der Waals surface area contributed by atoms with Crippen LogP contribution in [0.25, 0.3) is 0 Å². The van der Waals surface area contributed by atoms with Gasteiger partial charge in [-0.1, -0.05) is 314 Å². The smallest absolute Gasteiger partial charge is 0.361 e. The molecule has 0 saturated heterocycles. The first-order valence-corrected chi connectivity index (χ1v) is 37.0. The minimum absolute atomic E-state index is 0.182. The lowest BCUT2D eigenvalue weighted by Crippen LogP contribution is -2.40. The number of unbranched alkanes of at least 4 members (excludes halogenated alkanes) is 28. The highest BCUT2D eigenvalue weighted by molar-refractivity contribution is 5.71. The molecule has 9 heteroatoms. The molecule has 0 radical (unpaired) electrons. The van der Waals surface area contributed by atoms with Crippen molar-refractivity contribution >= 4 is 17.9 Å². The van der Waals surface area contributed by atoms with Gasteiger partial charge in [0.25, 0.3) is 6.29 Å². The number of aliphatic carboxylic acids is 1. The number of allylic oxidation sites excluding steroid dienone is 24. The molecule has 0 spiro atoms. The normalized spacial score (nSPS) is 13.5. The fourth-order valence-corrected chi connectivity index (χ4v) is 10.0. The summed E-state index contributed by atoms with van der Waals surface area (Å²) < 4.78 is 23.0. The molecular weight excluding hydrogens is 1130 g/mol.